The van der Waals surface area contributed by atoms with E-state index in [1.165, 1.54) is 0 Å². The zero-order valence-electron chi connectivity index (χ0n) is 17.4. The van der Waals surface area contributed by atoms with Gasteiger partial charge in [-0.1, -0.05) is 73.4 Å². The van der Waals surface area contributed by atoms with E-state index in [1.807, 2.05) is 47.4 Å². The number of rotatable bonds is 9. The van der Waals surface area contributed by atoms with Crippen molar-refractivity contribution < 1.29 is 8.42 Å². The molecule has 0 aliphatic rings. The number of thiazole rings is 1. The third kappa shape index (κ3) is 6.92. The molecule has 0 bridgehead atoms. The van der Waals surface area contributed by atoms with Gasteiger partial charge in [-0.25, -0.2) is 18.5 Å². The summed E-state index contributed by atoms with van der Waals surface area (Å²) in [6.07, 6.45) is 0.849. The van der Waals surface area contributed by atoms with Gasteiger partial charge in [0.25, 0.3) is 0 Å². The largest absolute Gasteiger partial charge is 0.343 e. The van der Waals surface area contributed by atoms with E-state index in [4.69, 9.17) is 33.3 Å². The van der Waals surface area contributed by atoms with E-state index in [2.05, 4.69) is 13.8 Å². The van der Waals surface area contributed by atoms with Crippen LogP contribution in [0.5, 0.6) is 0 Å². The van der Waals surface area contributed by atoms with Crippen molar-refractivity contribution in [2.75, 3.05) is 17.2 Å². The van der Waals surface area contributed by atoms with Crippen molar-refractivity contribution in [1.29, 1.82) is 0 Å². The summed E-state index contributed by atoms with van der Waals surface area (Å²) in [5, 5.41) is 7.00. The Balaban J connectivity index is 2.02. The molecule has 0 saturated heterocycles. The first kappa shape index (κ1) is 24.0. The van der Waals surface area contributed by atoms with Crippen LogP contribution >= 0.6 is 34.5 Å². The normalized spacial score (nSPS) is 11.8. The molecule has 166 valence electrons. The van der Waals surface area contributed by atoms with Gasteiger partial charge in [-0.2, -0.15) is 0 Å². The van der Waals surface area contributed by atoms with Crippen molar-refractivity contribution >= 4 is 49.7 Å². The van der Waals surface area contributed by atoms with E-state index in [-0.39, 0.29) is 12.3 Å². The lowest BCUT2D eigenvalue weighted by Crippen LogP contribution is -2.31. The summed E-state index contributed by atoms with van der Waals surface area (Å²) in [6.45, 7) is 5.09. The molecular weight excluding hydrogens is 473 g/mol. The molecule has 0 atom stereocenters. The first-order chi connectivity index (χ1) is 14.6. The summed E-state index contributed by atoms with van der Waals surface area (Å²) in [5.41, 5.74) is 2.80. The fraction of sp³-hybridized carbons (Fsp3) is 0.318. The first-order valence-electron chi connectivity index (χ1n) is 9.87. The van der Waals surface area contributed by atoms with Crippen LogP contribution < -0.4 is 10.0 Å². The molecule has 0 amide bonds. The Morgan fingerprint density at radius 1 is 1.10 bits per heavy atom. The lowest BCUT2D eigenvalue weighted by molar-refractivity contribution is 0.596. The Kier molecular flexibility index (Phi) is 7.99. The molecule has 0 aliphatic carbocycles. The van der Waals surface area contributed by atoms with E-state index in [9.17, 15) is 8.42 Å². The highest BCUT2D eigenvalue weighted by molar-refractivity contribution is 7.89. The summed E-state index contributed by atoms with van der Waals surface area (Å²) in [5.74, 6) is 0.280. The van der Waals surface area contributed by atoms with Crippen molar-refractivity contribution in [3.63, 3.8) is 0 Å². The van der Waals surface area contributed by atoms with Gasteiger partial charge in [-0.3, -0.25) is 0 Å². The number of halogens is 2. The molecule has 3 aromatic rings. The summed E-state index contributed by atoms with van der Waals surface area (Å²) < 4.78 is 23.3. The molecule has 1 heterocycles. The van der Waals surface area contributed by atoms with E-state index in [0.717, 1.165) is 33.3 Å². The van der Waals surface area contributed by atoms with Gasteiger partial charge in [0.1, 0.15) is 0 Å². The molecule has 9 heteroatoms. The number of aromatic nitrogens is 1. The van der Waals surface area contributed by atoms with Gasteiger partial charge in [0, 0.05) is 23.5 Å². The second-order valence-corrected chi connectivity index (χ2v) is 11.4. The number of hydrogen-bond donors (Lipinski definition) is 1. The Morgan fingerprint density at radius 3 is 2.42 bits per heavy atom. The lowest BCUT2D eigenvalue weighted by atomic mass is 10.0. The summed E-state index contributed by atoms with van der Waals surface area (Å²) in [4.78, 5) is 8.00. The predicted molar refractivity (Wildman–Crippen MR) is 132 cm³/mol. The average Bonchev–Trinajstić information content (AvgIpc) is 3.10. The summed E-state index contributed by atoms with van der Waals surface area (Å²) >= 11 is 13.9. The molecule has 0 fully saturated rings. The molecule has 2 aromatic carbocycles. The van der Waals surface area contributed by atoms with Crippen LogP contribution in [0.2, 0.25) is 10.0 Å². The predicted octanol–water partition coefficient (Wildman–Crippen LogP) is 5.61. The summed E-state index contributed by atoms with van der Waals surface area (Å²) in [6, 6.07) is 15.4. The second-order valence-electron chi connectivity index (χ2n) is 7.77. The lowest BCUT2D eigenvalue weighted by Gasteiger charge is -2.21. The van der Waals surface area contributed by atoms with Gasteiger partial charge >= 0.3 is 0 Å². The van der Waals surface area contributed by atoms with Crippen LogP contribution in [0.15, 0.2) is 48.5 Å². The van der Waals surface area contributed by atoms with Crippen LogP contribution in [-0.2, 0) is 23.0 Å². The van der Waals surface area contributed by atoms with E-state index in [1.54, 1.807) is 17.4 Å². The molecule has 1 aromatic heterocycles. The van der Waals surface area contributed by atoms with Crippen molar-refractivity contribution in [2.45, 2.75) is 26.8 Å². The van der Waals surface area contributed by atoms with Crippen LogP contribution in [0.1, 0.15) is 24.3 Å². The zero-order valence-corrected chi connectivity index (χ0v) is 20.5. The van der Waals surface area contributed by atoms with Gasteiger partial charge in [-0.15, -0.1) is 11.3 Å². The van der Waals surface area contributed by atoms with E-state index in [0.29, 0.717) is 22.5 Å². The standard InChI is InChI=1S/C22H25Cl2N3O2S2/c1-15(2)12-20-21(17-8-9-18(23)19(24)13-17)26-22(30-20)27(10-11-31(25,28)29)14-16-6-4-3-5-7-16/h3-9,13,15H,10-12,14H2,1-2H3,(H2,25,28,29). The Bertz CT molecular complexity index is 1130. The Morgan fingerprint density at radius 2 is 1.81 bits per heavy atom. The summed E-state index contributed by atoms with van der Waals surface area (Å²) in [7, 11) is -3.60. The molecule has 0 radical (unpaired) electrons. The highest BCUT2D eigenvalue weighted by atomic mass is 35.5. The average molecular weight is 499 g/mol. The molecule has 2 N–H and O–H groups in total. The number of nitrogens with two attached hydrogens (primary N) is 1. The van der Waals surface area contributed by atoms with Crippen LogP contribution in [0.25, 0.3) is 11.3 Å². The minimum atomic E-state index is -3.60. The van der Waals surface area contributed by atoms with Gasteiger partial charge in [0.2, 0.25) is 10.0 Å². The molecule has 5 nitrogen and oxygen atoms in total. The van der Waals surface area contributed by atoms with Gasteiger partial charge in [-0.05, 0) is 30.0 Å². The zero-order chi connectivity index (χ0) is 22.6. The number of nitrogens with zero attached hydrogens (tertiary/aromatic N) is 2. The minimum Gasteiger partial charge on any atom is -0.343 e. The third-order valence-electron chi connectivity index (χ3n) is 4.61. The van der Waals surface area contributed by atoms with Gasteiger partial charge < -0.3 is 4.90 Å². The molecule has 0 spiro atoms. The highest BCUT2D eigenvalue weighted by Crippen LogP contribution is 2.37. The van der Waals surface area contributed by atoms with Crippen molar-refractivity contribution in [2.24, 2.45) is 11.1 Å². The number of anilines is 1. The van der Waals surface area contributed by atoms with Crippen LogP contribution in [0, 0.1) is 5.92 Å². The Hall–Kier alpha value is -1.64. The van der Waals surface area contributed by atoms with Crippen molar-refractivity contribution in [1.82, 2.24) is 4.98 Å². The van der Waals surface area contributed by atoms with Crippen molar-refractivity contribution in [3.05, 3.63) is 69.0 Å². The molecule has 3 rings (SSSR count). The SMILES string of the molecule is CC(C)Cc1sc(N(CCS(N)(=O)=O)Cc2ccccc2)nc1-c1ccc(Cl)c(Cl)c1. The number of benzene rings is 2. The minimum absolute atomic E-state index is 0.152. The highest BCUT2D eigenvalue weighted by Gasteiger charge is 2.20. The van der Waals surface area contributed by atoms with Crippen molar-refractivity contribution in [3.8, 4) is 11.3 Å². The van der Waals surface area contributed by atoms with Crippen LogP contribution in [0.4, 0.5) is 5.13 Å². The maximum atomic E-state index is 11.6. The third-order valence-corrected chi connectivity index (χ3v) is 7.23. The van der Waals surface area contributed by atoms with Crippen LogP contribution in [0.3, 0.4) is 0 Å². The van der Waals surface area contributed by atoms with Crippen LogP contribution in [-0.4, -0.2) is 25.7 Å². The molecule has 0 saturated carbocycles. The molecule has 0 aliphatic heterocycles. The topological polar surface area (TPSA) is 76.3 Å². The van der Waals surface area contributed by atoms with Gasteiger partial charge in [0.05, 0.1) is 21.5 Å². The van der Waals surface area contributed by atoms with Gasteiger partial charge in [0.15, 0.2) is 5.13 Å². The second kappa shape index (κ2) is 10.3. The quantitative estimate of drug-likeness (QED) is 0.416. The molecule has 0 unspecified atom stereocenters. The molecule has 31 heavy (non-hydrogen) atoms. The fourth-order valence-corrected chi connectivity index (χ4v) is 5.23. The van der Waals surface area contributed by atoms with E-state index < -0.39 is 10.0 Å². The maximum absolute atomic E-state index is 11.6. The molecular formula is C22H25Cl2N3O2S2. The number of sulfonamides is 1. The fourth-order valence-electron chi connectivity index (χ4n) is 3.14. The van der Waals surface area contributed by atoms with E-state index >= 15 is 0 Å². The monoisotopic (exact) mass is 497 g/mol. The Labute approximate surface area is 197 Å². The number of hydrogen-bond acceptors (Lipinski definition) is 5. The smallest absolute Gasteiger partial charge is 0.210 e. The number of primary sulfonamides is 1. The first-order valence-corrected chi connectivity index (χ1v) is 13.2. The maximum Gasteiger partial charge on any atom is 0.210 e.